The average molecular weight is 280 g/mol. The number of nitrogens with two attached hydrogens (primary N) is 1. The van der Waals surface area contributed by atoms with Crippen LogP contribution >= 0.6 is 0 Å². The second-order valence-electron chi connectivity index (χ2n) is 4.57. The highest BCUT2D eigenvalue weighted by molar-refractivity contribution is 5.73. The molecule has 0 radical (unpaired) electrons. The van der Waals surface area contributed by atoms with Crippen LogP contribution in [0.2, 0.25) is 0 Å². The largest absolute Gasteiger partial charge is 0.493 e. The zero-order valence-electron chi connectivity index (χ0n) is 11.5. The fourth-order valence-corrected chi connectivity index (χ4v) is 1.61. The molecule has 1 amide bonds. The van der Waals surface area contributed by atoms with Gasteiger partial charge in [0.1, 0.15) is 5.75 Å². The zero-order chi connectivity index (χ0) is 15.0. The van der Waals surface area contributed by atoms with Crippen LogP contribution in [0.4, 0.5) is 5.69 Å². The van der Waals surface area contributed by atoms with Gasteiger partial charge in [0.25, 0.3) is 0 Å². The van der Waals surface area contributed by atoms with E-state index in [2.05, 4.69) is 5.32 Å². The van der Waals surface area contributed by atoms with Gasteiger partial charge in [-0.15, -0.1) is 0 Å². The molecule has 0 bridgehead atoms. The number of aliphatic carboxylic acids is 1. The van der Waals surface area contributed by atoms with E-state index in [4.69, 9.17) is 15.6 Å². The monoisotopic (exact) mass is 280 g/mol. The zero-order valence-corrected chi connectivity index (χ0v) is 11.5. The van der Waals surface area contributed by atoms with Gasteiger partial charge in [-0.3, -0.25) is 9.59 Å². The lowest BCUT2D eigenvalue weighted by atomic mass is 10.1. The van der Waals surface area contributed by atoms with Crippen molar-refractivity contribution < 1.29 is 19.4 Å². The van der Waals surface area contributed by atoms with Crippen LogP contribution in [-0.2, 0) is 9.59 Å². The summed E-state index contributed by atoms with van der Waals surface area (Å²) in [5, 5.41) is 11.8. The van der Waals surface area contributed by atoms with Gasteiger partial charge in [0, 0.05) is 18.2 Å². The smallest absolute Gasteiger partial charge is 0.303 e. The predicted octanol–water partition coefficient (Wildman–Crippen LogP) is 1.61. The van der Waals surface area contributed by atoms with Crippen LogP contribution in [-0.4, -0.2) is 29.6 Å². The number of primary amides is 1. The van der Waals surface area contributed by atoms with Crippen LogP contribution in [0, 0.1) is 0 Å². The Bertz CT molecular complexity index is 445. The molecule has 1 rings (SSSR count). The second kappa shape index (κ2) is 8.04. The van der Waals surface area contributed by atoms with Gasteiger partial charge in [-0.25, -0.2) is 0 Å². The molecule has 110 valence electrons. The van der Waals surface area contributed by atoms with Crippen LogP contribution in [0.25, 0.3) is 0 Å². The number of anilines is 1. The summed E-state index contributed by atoms with van der Waals surface area (Å²) >= 11 is 0. The van der Waals surface area contributed by atoms with Crippen molar-refractivity contribution in [2.75, 3.05) is 11.9 Å². The minimum absolute atomic E-state index is 0.0766. The first kappa shape index (κ1) is 15.8. The minimum atomic E-state index is -0.795. The predicted molar refractivity (Wildman–Crippen MR) is 75.7 cm³/mol. The van der Waals surface area contributed by atoms with Gasteiger partial charge in [-0.2, -0.15) is 0 Å². The van der Waals surface area contributed by atoms with Crippen LogP contribution < -0.4 is 15.8 Å². The van der Waals surface area contributed by atoms with Crippen molar-refractivity contribution in [2.45, 2.75) is 32.2 Å². The van der Waals surface area contributed by atoms with Crippen molar-refractivity contribution in [3.05, 3.63) is 24.3 Å². The average Bonchev–Trinajstić information content (AvgIpc) is 2.38. The summed E-state index contributed by atoms with van der Waals surface area (Å²) in [7, 11) is 0. The molecule has 0 saturated carbocycles. The van der Waals surface area contributed by atoms with Gasteiger partial charge < -0.3 is 20.9 Å². The Morgan fingerprint density at radius 1 is 1.30 bits per heavy atom. The number of amides is 1. The lowest BCUT2D eigenvalue weighted by Gasteiger charge is -2.14. The van der Waals surface area contributed by atoms with E-state index in [0.717, 1.165) is 5.69 Å². The molecule has 0 aliphatic carbocycles. The van der Waals surface area contributed by atoms with Crippen molar-refractivity contribution in [3.63, 3.8) is 0 Å². The van der Waals surface area contributed by atoms with E-state index < -0.39 is 11.9 Å². The van der Waals surface area contributed by atoms with Gasteiger partial charge in [0.2, 0.25) is 5.91 Å². The molecule has 0 aromatic heterocycles. The van der Waals surface area contributed by atoms with Gasteiger partial charge in [-0.1, -0.05) is 0 Å². The number of carbonyl (C=O) groups excluding carboxylic acids is 1. The molecule has 0 heterocycles. The fourth-order valence-electron chi connectivity index (χ4n) is 1.61. The number of carboxylic acids is 1. The third kappa shape index (κ3) is 6.63. The Balaban J connectivity index is 2.37. The number of hydrogen-bond donors (Lipinski definition) is 3. The summed E-state index contributed by atoms with van der Waals surface area (Å²) in [5.74, 6) is -0.526. The van der Waals surface area contributed by atoms with E-state index in [1.807, 2.05) is 19.1 Å². The van der Waals surface area contributed by atoms with E-state index in [1.165, 1.54) is 0 Å². The molecule has 0 aliphatic heterocycles. The summed E-state index contributed by atoms with van der Waals surface area (Å²) in [5.41, 5.74) is 5.91. The standard InChI is InChI=1S/C14H20N2O4/c1-10(2-7-14(18)19)16-11-3-5-12(6-4-11)20-9-8-13(15)17/h3-6,10,16H,2,7-9H2,1H3,(H2,15,17)(H,18,19). The molecule has 0 spiro atoms. The molecule has 4 N–H and O–H groups in total. The number of rotatable bonds is 9. The van der Waals surface area contributed by atoms with Crippen LogP contribution in [0.3, 0.4) is 0 Å². The summed E-state index contributed by atoms with van der Waals surface area (Å²) in [4.78, 5) is 21.0. The maximum atomic E-state index is 10.6. The van der Waals surface area contributed by atoms with E-state index >= 15 is 0 Å². The summed E-state index contributed by atoms with van der Waals surface area (Å²) in [6.45, 7) is 2.19. The van der Waals surface area contributed by atoms with Crippen molar-refractivity contribution in [1.29, 1.82) is 0 Å². The number of ether oxygens (including phenoxy) is 1. The van der Waals surface area contributed by atoms with E-state index in [0.29, 0.717) is 12.2 Å². The van der Waals surface area contributed by atoms with Crippen LogP contribution in [0.15, 0.2) is 24.3 Å². The molecular formula is C14H20N2O4. The third-order valence-corrected chi connectivity index (χ3v) is 2.68. The number of carbonyl (C=O) groups is 2. The van der Waals surface area contributed by atoms with Crippen LogP contribution in [0.1, 0.15) is 26.2 Å². The Hall–Kier alpha value is -2.24. The van der Waals surface area contributed by atoms with Crippen molar-refractivity contribution in [2.24, 2.45) is 5.73 Å². The summed E-state index contributed by atoms with van der Waals surface area (Å²) < 4.78 is 5.35. The highest BCUT2D eigenvalue weighted by atomic mass is 16.5. The first-order chi connectivity index (χ1) is 9.47. The lowest BCUT2D eigenvalue weighted by molar-refractivity contribution is -0.137. The SMILES string of the molecule is CC(CCC(=O)O)Nc1ccc(OCCC(N)=O)cc1. The number of hydrogen-bond acceptors (Lipinski definition) is 4. The van der Waals surface area contributed by atoms with Gasteiger partial charge in [0.15, 0.2) is 0 Å². The highest BCUT2D eigenvalue weighted by Gasteiger charge is 2.05. The van der Waals surface area contributed by atoms with Gasteiger partial charge in [-0.05, 0) is 37.6 Å². The second-order valence-corrected chi connectivity index (χ2v) is 4.57. The Labute approximate surface area is 117 Å². The molecule has 6 nitrogen and oxygen atoms in total. The molecule has 1 aromatic carbocycles. The fraction of sp³-hybridized carbons (Fsp3) is 0.429. The highest BCUT2D eigenvalue weighted by Crippen LogP contribution is 2.17. The molecule has 1 unspecified atom stereocenters. The van der Waals surface area contributed by atoms with Gasteiger partial charge in [0.05, 0.1) is 13.0 Å². The molecule has 1 atom stereocenters. The normalized spacial score (nSPS) is 11.7. The maximum Gasteiger partial charge on any atom is 0.303 e. The van der Waals surface area contributed by atoms with Gasteiger partial charge >= 0.3 is 5.97 Å². The maximum absolute atomic E-state index is 10.6. The first-order valence-corrected chi connectivity index (χ1v) is 6.47. The molecule has 0 saturated heterocycles. The molecular weight excluding hydrogens is 260 g/mol. The summed E-state index contributed by atoms with van der Waals surface area (Å²) in [6, 6.07) is 7.33. The van der Waals surface area contributed by atoms with Crippen LogP contribution in [0.5, 0.6) is 5.75 Å². The Morgan fingerprint density at radius 2 is 1.95 bits per heavy atom. The van der Waals surface area contributed by atoms with E-state index in [9.17, 15) is 9.59 Å². The summed E-state index contributed by atoms with van der Waals surface area (Å²) in [6.07, 6.45) is 0.890. The Morgan fingerprint density at radius 3 is 2.50 bits per heavy atom. The van der Waals surface area contributed by atoms with Crippen molar-refractivity contribution in [1.82, 2.24) is 0 Å². The number of carboxylic acid groups (broad SMARTS) is 1. The third-order valence-electron chi connectivity index (χ3n) is 2.68. The quantitative estimate of drug-likeness (QED) is 0.637. The molecule has 0 aliphatic rings. The molecule has 0 fully saturated rings. The molecule has 20 heavy (non-hydrogen) atoms. The topological polar surface area (TPSA) is 102 Å². The molecule has 6 heteroatoms. The van der Waals surface area contributed by atoms with Crippen molar-refractivity contribution >= 4 is 17.6 Å². The molecule has 1 aromatic rings. The van der Waals surface area contributed by atoms with E-state index in [1.54, 1.807) is 12.1 Å². The lowest BCUT2D eigenvalue weighted by Crippen LogP contribution is -2.16. The number of benzene rings is 1. The number of nitrogens with one attached hydrogen (secondary N) is 1. The Kier molecular flexibility index (Phi) is 6.36. The van der Waals surface area contributed by atoms with E-state index in [-0.39, 0.29) is 25.5 Å². The minimum Gasteiger partial charge on any atom is -0.493 e. The van der Waals surface area contributed by atoms with Crippen molar-refractivity contribution in [3.8, 4) is 5.75 Å². The first-order valence-electron chi connectivity index (χ1n) is 6.47.